The molecule has 0 atom stereocenters. The smallest absolute Gasteiger partial charge is 0.251 e. The fraction of sp³-hybridized carbons (Fsp3) is 0.250. The lowest BCUT2D eigenvalue weighted by atomic mass is 10.0. The van der Waals surface area contributed by atoms with Crippen molar-refractivity contribution in [3.8, 4) is 0 Å². The third-order valence-electron chi connectivity index (χ3n) is 2.73. The van der Waals surface area contributed by atoms with Crippen LogP contribution in [0.25, 0.3) is 0 Å². The Balaban J connectivity index is 2.13. The average molecular weight is 299 g/mol. The molecule has 1 saturated heterocycles. The maximum absolute atomic E-state index is 12.9. The Morgan fingerprint density at radius 1 is 1.47 bits per heavy atom. The van der Waals surface area contributed by atoms with Gasteiger partial charge in [0.15, 0.2) is 0 Å². The molecule has 3 nitrogen and oxygen atoms in total. The lowest BCUT2D eigenvalue weighted by Gasteiger charge is -2.21. The highest BCUT2D eigenvalue weighted by Gasteiger charge is 2.16. The molecule has 5 heteroatoms. The number of amides is 1. The van der Waals surface area contributed by atoms with Gasteiger partial charge in [0.05, 0.1) is 5.69 Å². The number of hydrogen-bond donors (Lipinski definition) is 2. The van der Waals surface area contributed by atoms with E-state index in [1.165, 1.54) is 18.2 Å². The molecule has 1 amide bonds. The average Bonchev–Trinajstić information content (AvgIpc) is 2.19. The largest absolute Gasteiger partial charge is 0.321 e. The first-order valence-corrected chi connectivity index (χ1v) is 6.03. The number of benzene rings is 1. The van der Waals surface area contributed by atoms with Gasteiger partial charge in [-0.2, -0.15) is 0 Å². The summed E-state index contributed by atoms with van der Waals surface area (Å²) in [6, 6.07) is 4.17. The van der Waals surface area contributed by atoms with Crippen LogP contribution in [0, 0.1) is 5.82 Å². The second-order valence-corrected chi connectivity index (χ2v) is 4.76. The van der Waals surface area contributed by atoms with Crippen LogP contribution >= 0.6 is 15.9 Å². The van der Waals surface area contributed by atoms with Crippen LogP contribution in [-0.2, 0) is 4.79 Å². The molecule has 1 aromatic carbocycles. The normalized spacial score (nSPS) is 14.2. The van der Waals surface area contributed by atoms with Gasteiger partial charge in [0.25, 0.3) is 5.91 Å². The second-order valence-electron chi connectivity index (χ2n) is 3.91. The van der Waals surface area contributed by atoms with Crippen LogP contribution in [0.5, 0.6) is 0 Å². The summed E-state index contributed by atoms with van der Waals surface area (Å²) in [7, 11) is 0. The van der Waals surface area contributed by atoms with Crippen molar-refractivity contribution in [1.82, 2.24) is 5.32 Å². The molecule has 0 aromatic heterocycles. The zero-order chi connectivity index (χ0) is 12.4. The van der Waals surface area contributed by atoms with Crippen molar-refractivity contribution in [2.24, 2.45) is 0 Å². The highest BCUT2D eigenvalue weighted by atomic mass is 79.9. The van der Waals surface area contributed by atoms with Crippen LogP contribution in [0.1, 0.15) is 6.92 Å². The molecule has 17 heavy (non-hydrogen) atoms. The van der Waals surface area contributed by atoms with Gasteiger partial charge < -0.3 is 10.6 Å². The molecule has 90 valence electrons. The molecular formula is C12H12BrFN2O. The number of hydrogen-bond acceptors (Lipinski definition) is 2. The maximum atomic E-state index is 12.9. The highest BCUT2D eigenvalue weighted by molar-refractivity contribution is 9.10. The van der Waals surface area contributed by atoms with E-state index in [0.717, 1.165) is 24.2 Å². The summed E-state index contributed by atoms with van der Waals surface area (Å²) < 4.78 is 13.4. The van der Waals surface area contributed by atoms with Crippen LogP contribution < -0.4 is 10.6 Å². The van der Waals surface area contributed by atoms with Gasteiger partial charge in [-0.3, -0.25) is 4.79 Å². The molecule has 1 aliphatic rings. The van der Waals surface area contributed by atoms with E-state index in [4.69, 9.17) is 0 Å². The Labute approximate surface area is 107 Å². The van der Waals surface area contributed by atoms with Gasteiger partial charge >= 0.3 is 0 Å². The highest BCUT2D eigenvalue weighted by Crippen LogP contribution is 2.24. The topological polar surface area (TPSA) is 41.1 Å². The van der Waals surface area contributed by atoms with Gasteiger partial charge in [-0.15, -0.1) is 0 Å². The third kappa shape index (κ3) is 2.73. The lowest BCUT2D eigenvalue weighted by Crippen LogP contribution is -2.36. The third-order valence-corrected chi connectivity index (χ3v) is 3.38. The van der Waals surface area contributed by atoms with Crippen molar-refractivity contribution in [2.75, 3.05) is 18.4 Å². The molecule has 0 bridgehead atoms. The summed E-state index contributed by atoms with van der Waals surface area (Å²) >= 11 is 3.21. The summed E-state index contributed by atoms with van der Waals surface area (Å²) in [6.45, 7) is 3.33. The summed E-state index contributed by atoms with van der Waals surface area (Å²) in [5.41, 5.74) is 2.41. The van der Waals surface area contributed by atoms with Crippen LogP contribution in [-0.4, -0.2) is 19.0 Å². The van der Waals surface area contributed by atoms with Crippen LogP contribution in [0.4, 0.5) is 10.1 Å². The van der Waals surface area contributed by atoms with E-state index in [2.05, 4.69) is 26.6 Å². The van der Waals surface area contributed by atoms with Gasteiger partial charge in [-0.1, -0.05) is 0 Å². The lowest BCUT2D eigenvalue weighted by molar-refractivity contribution is -0.112. The first kappa shape index (κ1) is 12.3. The number of nitrogens with one attached hydrogen (secondary N) is 2. The summed E-state index contributed by atoms with van der Waals surface area (Å²) in [6.07, 6.45) is 0. The van der Waals surface area contributed by atoms with Gasteiger partial charge in [0, 0.05) is 23.1 Å². The molecule has 2 N–H and O–H groups in total. The molecule has 1 fully saturated rings. The van der Waals surface area contributed by atoms with Gasteiger partial charge in [-0.25, -0.2) is 4.39 Å². The van der Waals surface area contributed by atoms with Gasteiger partial charge in [0.2, 0.25) is 0 Å². The van der Waals surface area contributed by atoms with E-state index < -0.39 is 0 Å². The Hall–Kier alpha value is -1.20. The van der Waals surface area contributed by atoms with E-state index in [-0.39, 0.29) is 11.7 Å². The van der Waals surface area contributed by atoms with E-state index >= 15 is 0 Å². The second kappa shape index (κ2) is 4.98. The quantitative estimate of drug-likeness (QED) is 0.824. The van der Waals surface area contributed by atoms with Gasteiger partial charge in [0.1, 0.15) is 5.82 Å². The zero-order valence-electron chi connectivity index (χ0n) is 9.31. The number of anilines is 1. The van der Waals surface area contributed by atoms with E-state index in [9.17, 15) is 9.18 Å². The van der Waals surface area contributed by atoms with Crippen molar-refractivity contribution in [3.05, 3.63) is 39.6 Å². The van der Waals surface area contributed by atoms with Crippen molar-refractivity contribution in [3.63, 3.8) is 0 Å². The summed E-state index contributed by atoms with van der Waals surface area (Å²) in [5, 5.41) is 5.83. The summed E-state index contributed by atoms with van der Waals surface area (Å²) in [5.74, 6) is -0.484. The number of halogens is 2. The molecule has 2 rings (SSSR count). The molecule has 0 radical (unpaired) electrons. The van der Waals surface area contributed by atoms with E-state index in [1.54, 1.807) is 6.92 Å². The molecule has 1 heterocycles. The Kier molecular flexibility index (Phi) is 3.59. The molecule has 0 unspecified atom stereocenters. The van der Waals surface area contributed by atoms with E-state index in [0.29, 0.717) is 10.2 Å². The minimum Gasteiger partial charge on any atom is -0.321 e. The number of carbonyl (C=O) groups is 1. The monoisotopic (exact) mass is 298 g/mol. The predicted octanol–water partition coefficient (Wildman–Crippen LogP) is 2.45. The molecular weight excluding hydrogens is 287 g/mol. The SMILES string of the molecule is CC(C(=O)Nc1ccc(F)cc1Br)=C1CNC1. The fourth-order valence-corrected chi connectivity index (χ4v) is 1.93. The molecule has 0 saturated carbocycles. The van der Waals surface area contributed by atoms with Crippen molar-refractivity contribution in [1.29, 1.82) is 0 Å². The fourth-order valence-electron chi connectivity index (χ4n) is 1.48. The van der Waals surface area contributed by atoms with Crippen LogP contribution in [0.3, 0.4) is 0 Å². The number of carbonyl (C=O) groups excluding carboxylic acids is 1. The van der Waals surface area contributed by atoms with Crippen LogP contribution in [0.15, 0.2) is 33.8 Å². The molecule has 1 aromatic rings. The minimum atomic E-state index is -0.340. The first-order valence-electron chi connectivity index (χ1n) is 5.23. The first-order chi connectivity index (χ1) is 8.08. The Morgan fingerprint density at radius 3 is 2.71 bits per heavy atom. The van der Waals surface area contributed by atoms with Crippen LogP contribution in [0.2, 0.25) is 0 Å². The molecule has 0 aliphatic carbocycles. The van der Waals surface area contributed by atoms with Crippen molar-refractivity contribution >= 4 is 27.5 Å². The Morgan fingerprint density at radius 2 is 2.18 bits per heavy atom. The number of rotatable bonds is 2. The predicted molar refractivity (Wildman–Crippen MR) is 68.3 cm³/mol. The molecule has 0 spiro atoms. The summed E-state index contributed by atoms with van der Waals surface area (Å²) in [4.78, 5) is 11.9. The van der Waals surface area contributed by atoms with E-state index in [1.807, 2.05) is 0 Å². The molecule has 1 aliphatic heterocycles. The van der Waals surface area contributed by atoms with Crippen molar-refractivity contribution < 1.29 is 9.18 Å². The van der Waals surface area contributed by atoms with Gasteiger partial charge in [-0.05, 0) is 46.6 Å². The maximum Gasteiger partial charge on any atom is 0.251 e. The minimum absolute atomic E-state index is 0.145. The Bertz CT molecular complexity index is 493. The standard InChI is InChI=1S/C12H12BrFN2O/c1-7(8-5-15-6-8)12(17)16-11-3-2-9(14)4-10(11)13/h2-4,15H,5-6H2,1H3,(H,16,17). The van der Waals surface area contributed by atoms with Crippen molar-refractivity contribution in [2.45, 2.75) is 6.92 Å². The zero-order valence-corrected chi connectivity index (χ0v) is 10.9.